The number of benzene rings is 2. The number of methoxy groups -OCH3 is 3. The fourth-order valence-electron chi connectivity index (χ4n) is 5.43. The molecule has 1 aliphatic carbocycles. The van der Waals surface area contributed by atoms with Gasteiger partial charge in [0.2, 0.25) is 0 Å². The summed E-state index contributed by atoms with van der Waals surface area (Å²) in [5.74, 6) is 2.27. The molecule has 2 aromatic rings. The molecule has 4 rings (SSSR count). The van der Waals surface area contributed by atoms with E-state index in [1.54, 1.807) is 32.5 Å². The Morgan fingerprint density at radius 2 is 1.72 bits per heavy atom. The lowest BCUT2D eigenvalue weighted by Crippen LogP contribution is -2.46. The number of rotatable bonds is 10. The van der Waals surface area contributed by atoms with Crippen molar-refractivity contribution >= 4 is 0 Å². The van der Waals surface area contributed by atoms with Crippen molar-refractivity contribution < 1.29 is 14.2 Å². The van der Waals surface area contributed by atoms with Gasteiger partial charge in [0, 0.05) is 39.3 Å². The van der Waals surface area contributed by atoms with Crippen molar-refractivity contribution in [3.8, 4) is 11.5 Å². The van der Waals surface area contributed by atoms with Gasteiger partial charge in [0.15, 0.2) is 11.5 Å². The third kappa shape index (κ3) is 5.64. The first-order valence-electron chi connectivity index (χ1n) is 11.9. The predicted molar refractivity (Wildman–Crippen MR) is 129 cm³/mol. The Kier molecular flexibility index (Phi) is 8.06. The molecule has 2 aromatic carbocycles. The SMILES string of the molecule is COCCN(Cc1ccc(OC)c(OC)c1)C[C@@H]1CCCN(C2Cc3ccccc3C2)C1. The number of likely N-dealkylation sites (tertiary alicyclic amines) is 1. The van der Waals surface area contributed by atoms with Crippen LogP contribution in [0.5, 0.6) is 11.5 Å². The zero-order chi connectivity index (χ0) is 22.3. The highest BCUT2D eigenvalue weighted by atomic mass is 16.5. The van der Waals surface area contributed by atoms with Crippen LogP contribution in [0.25, 0.3) is 0 Å². The van der Waals surface area contributed by atoms with Crippen LogP contribution >= 0.6 is 0 Å². The molecule has 2 aliphatic rings. The van der Waals surface area contributed by atoms with Crippen molar-refractivity contribution in [3.05, 3.63) is 59.2 Å². The zero-order valence-electron chi connectivity index (χ0n) is 19.9. The highest BCUT2D eigenvalue weighted by Gasteiger charge is 2.31. The second-order valence-electron chi connectivity index (χ2n) is 9.25. The molecule has 174 valence electrons. The molecular weight excluding hydrogens is 400 g/mol. The van der Waals surface area contributed by atoms with Gasteiger partial charge in [0.25, 0.3) is 0 Å². The standard InChI is InChI=1S/C27H38N2O3/c1-30-14-13-28(18-21-10-11-26(31-2)27(15-21)32-3)19-22-7-6-12-29(20-22)25-16-23-8-4-5-9-24(23)17-25/h4-5,8-11,15,22,25H,6-7,12-14,16-20H2,1-3H3/t22-/m0/s1. The lowest BCUT2D eigenvalue weighted by molar-refractivity contribution is 0.0843. The van der Waals surface area contributed by atoms with Crippen molar-refractivity contribution in [1.29, 1.82) is 0 Å². The molecule has 1 aliphatic heterocycles. The van der Waals surface area contributed by atoms with Gasteiger partial charge in [-0.2, -0.15) is 0 Å². The van der Waals surface area contributed by atoms with Gasteiger partial charge < -0.3 is 14.2 Å². The van der Waals surface area contributed by atoms with E-state index >= 15 is 0 Å². The molecule has 0 aromatic heterocycles. The number of nitrogens with zero attached hydrogens (tertiary/aromatic N) is 2. The molecule has 5 heteroatoms. The molecule has 0 N–H and O–H groups in total. The Morgan fingerprint density at radius 1 is 0.969 bits per heavy atom. The van der Waals surface area contributed by atoms with E-state index in [4.69, 9.17) is 14.2 Å². The average Bonchev–Trinajstić information content (AvgIpc) is 3.27. The van der Waals surface area contributed by atoms with Gasteiger partial charge in [-0.15, -0.1) is 0 Å². The van der Waals surface area contributed by atoms with Crippen LogP contribution in [-0.4, -0.2) is 70.0 Å². The number of piperidine rings is 1. The first-order chi connectivity index (χ1) is 15.7. The Labute approximate surface area is 193 Å². The minimum absolute atomic E-state index is 0.675. The Balaban J connectivity index is 1.38. The molecule has 5 nitrogen and oxygen atoms in total. The minimum atomic E-state index is 0.675. The largest absolute Gasteiger partial charge is 0.493 e. The van der Waals surface area contributed by atoms with Gasteiger partial charge in [-0.25, -0.2) is 0 Å². The molecule has 1 saturated heterocycles. The van der Waals surface area contributed by atoms with Crippen LogP contribution < -0.4 is 9.47 Å². The topological polar surface area (TPSA) is 34.2 Å². The maximum absolute atomic E-state index is 5.51. The van der Waals surface area contributed by atoms with Crippen molar-refractivity contribution in [2.75, 3.05) is 54.1 Å². The summed E-state index contributed by atoms with van der Waals surface area (Å²) in [6, 6.07) is 15.9. The van der Waals surface area contributed by atoms with Crippen LogP contribution in [0.1, 0.15) is 29.5 Å². The third-order valence-electron chi connectivity index (χ3n) is 7.08. The highest BCUT2D eigenvalue weighted by molar-refractivity contribution is 5.42. The van der Waals surface area contributed by atoms with Gasteiger partial charge in [-0.05, 0) is 67.0 Å². The molecule has 1 atom stereocenters. The van der Waals surface area contributed by atoms with E-state index < -0.39 is 0 Å². The fourth-order valence-corrected chi connectivity index (χ4v) is 5.43. The summed E-state index contributed by atoms with van der Waals surface area (Å²) in [4.78, 5) is 5.31. The van der Waals surface area contributed by atoms with Gasteiger partial charge >= 0.3 is 0 Å². The Morgan fingerprint density at radius 3 is 2.41 bits per heavy atom. The second kappa shape index (κ2) is 11.2. The molecule has 0 bridgehead atoms. The van der Waals surface area contributed by atoms with Crippen molar-refractivity contribution in [3.63, 3.8) is 0 Å². The van der Waals surface area contributed by atoms with Gasteiger partial charge in [-0.3, -0.25) is 9.80 Å². The van der Waals surface area contributed by atoms with Gasteiger partial charge in [0.05, 0.1) is 20.8 Å². The normalized spacial score (nSPS) is 19.3. The van der Waals surface area contributed by atoms with Crippen LogP contribution in [0.15, 0.2) is 42.5 Å². The summed E-state index contributed by atoms with van der Waals surface area (Å²) >= 11 is 0. The second-order valence-corrected chi connectivity index (χ2v) is 9.25. The quantitative estimate of drug-likeness (QED) is 0.560. The molecule has 0 amide bonds. The first-order valence-corrected chi connectivity index (χ1v) is 11.9. The average molecular weight is 439 g/mol. The van der Waals surface area contributed by atoms with E-state index in [1.165, 1.54) is 44.3 Å². The summed E-state index contributed by atoms with van der Waals surface area (Å²) in [7, 11) is 5.16. The van der Waals surface area contributed by atoms with Crippen LogP contribution in [-0.2, 0) is 24.1 Å². The maximum atomic E-state index is 5.51. The van der Waals surface area contributed by atoms with Crippen molar-refractivity contribution in [2.24, 2.45) is 5.92 Å². The molecular formula is C27H38N2O3. The first kappa shape index (κ1) is 23.1. The summed E-state index contributed by atoms with van der Waals surface area (Å²) in [5, 5.41) is 0. The molecule has 0 saturated carbocycles. The molecule has 0 unspecified atom stereocenters. The smallest absolute Gasteiger partial charge is 0.161 e. The predicted octanol–water partition coefficient (Wildman–Crippen LogP) is 4.03. The Hall–Kier alpha value is -2.08. The molecule has 32 heavy (non-hydrogen) atoms. The third-order valence-corrected chi connectivity index (χ3v) is 7.08. The maximum Gasteiger partial charge on any atom is 0.161 e. The van der Waals surface area contributed by atoms with E-state index in [1.807, 2.05) is 6.07 Å². The number of hydrogen-bond donors (Lipinski definition) is 0. The van der Waals surface area contributed by atoms with E-state index in [0.717, 1.165) is 37.7 Å². The number of hydrogen-bond acceptors (Lipinski definition) is 5. The lowest BCUT2D eigenvalue weighted by atomic mass is 9.95. The van der Waals surface area contributed by atoms with E-state index in [-0.39, 0.29) is 0 Å². The molecule has 1 fully saturated rings. The van der Waals surface area contributed by atoms with Crippen molar-refractivity contribution in [1.82, 2.24) is 9.80 Å². The van der Waals surface area contributed by atoms with E-state index in [0.29, 0.717) is 12.0 Å². The van der Waals surface area contributed by atoms with E-state index in [2.05, 4.69) is 46.2 Å². The van der Waals surface area contributed by atoms with Gasteiger partial charge in [-0.1, -0.05) is 30.3 Å². The summed E-state index contributed by atoms with van der Waals surface area (Å²) in [6.45, 7) is 6.14. The monoisotopic (exact) mass is 438 g/mol. The van der Waals surface area contributed by atoms with Crippen LogP contribution in [0.2, 0.25) is 0 Å². The van der Waals surface area contributed by atoms with Crippen LogP contribution in [0.3, 0.4) is 0 Å². The zero-order valence-corrected chi connectivity index (χ0v) is 19.9. The van der Waals surface area contributed by atoms with Crippen LogP contribution in [0, 0.1) is 5.92 Å². The fraction of sp³-hybridized carbons (Fsp3) is 0.556. The lowest BCUT2D eigenvalue weighted by Gasteiger charge is -2.39. The molecule has 0 spiro atoms. The summed E-state index contributed by atoms with van der Waals surface area (Å²) < 4.78 is 16.3. The van der Waals surface area contributed by atoms with Crippen LogP contribution in [0.4, 0.5) is 0 Å². The van der Waals surface area contributed by atoms with Gasteiger partial charge in [0.1, 0.15) is 0 Å². The molecule has 0 radical (unpaired) electrons. The number of ether oxygens (including phenoxy) is 3. The molecule has 1 heterocycles. The number of fused-ring (bicyclic) bond motifs is 1. The van der Waals surface area contributed by atoms with Crippen molar-refractivity contribution in [2.45, 2.75) is 38.3 Å². The highest BCUT2D eigenvalue weighted by Crippen LogP contribution is 2.30. The Bertz CT molecular complexity index is 847. The summed E-state index contributed by atoms with van der Waals surface area (Å²) in [6.07, 6.45) is 5.03. The summed E-state index contributed by atoms with van der Waals surface area (Å²) in [5.41, 5.74) is 4.35. The van der Waals surface area contributed by atoms with E-state index in [9.17, 15) is 0 Å². The minimum Gasteiger partial charge on any atom is -0.493 e.